The number of piperidine rings is 1. The maximum absolute atomic E-state index is 13.0. The summed E-state index contributed by atoms with van der Waals surface area (Å²) in [5.74, 6) is 0.172. The molecule has 0 atom stereocenters. The largest absolute Gasteiger partial charge is 0.346 e. The number of rotatable bonds is 4. The number of fused-ring (bicyclic) bond motifs is 2. The van der Waals surface area contributed by atoms with Crippen molar-refractivity contribution in [2.75, 3.05) is 26.2 Å². The number of carbonyl (C=O) groups excluding carboxylic acids is 1. The van der Waals surface area contributed by atoms with Crippen molar-refractivity contribution in [1.82, 2.24) is 34.5 Å². The Morgan fingerprint density at radius 1 is 1.09 bits per heavy atom. The van der Waals surface area contributed by atoms with E-state index < -0.39 is 0 Å². The number of hydrogen-bond acceptors (Lipinski definition) is 6. The van der Waals surface area contributed by atoms with E-state index in [4.69, 9.17) is 0 Å². The molecule has 9 heteroatoms. The van der Waals surface area contributed by atoms with E-state index in [2.05, 4.69) is 43.3 Å². The quantitative estimate of drug-likeness (QED) is 0.418. The minimum atomic E-state index is 0.172. The second-order valence-corrected chi connectivity index (χ2v) is 10.4. The molecule has 2 aliphatic rings. The summed E-state index contributed by atoms with van der Waals surface area (Å²) in [6.45, 7) is 3.46. The summed E-state index contributed by atoms with van der Waals surface area (Å²) in [7, 11) is 0. The molecule has 5 aromatic rings. The molecule has 8 nitrogen and oxygen atoms in total. The first kappa shape index (κ1) is 20.8. The molecule has 2 aliphatic heterocycles. The van der Waals surface area contributed by atoms with Gasteiger partial charge in [0.25, 0.3) is 5.91 Å². The van der Waals surface area contributed by atoms with Crippen LogP contribution in [0.15, 0.2) is 61.3 Å². The molecule has 6 heterocycles. The Balaban J connectivity index is 0.960. The lowest BCUT2D eigenvalue weighted by Crippen LogP contribution is -2.56. The van der Waals surface area contributed by atoms with E-state index in [1.807, 2.05) is 46.2 Å². The lowest BCUT2D eigenvalue weighted by Gasteiger charge is -2.46. The van der Waals surface area contributed by atoms with E-state index in [9.17, 15) is 4.79 Å². The number of aromatic amines is 1. The highest BCUT2D eigenvalue weighted by Crippen LogP contribution is 2.31. The van der Waals surface area contributed by atoms with Gasteiger partial charge in [-0.05, 0) is 36.4 Å². The Bertz CT molecular complexity index is 1490. The Morgan fingerprint density at radius 2 is 1.94 bits per heavy atom. The van der Waals surface area contributed by atoms with Crippen molar-refractivity contribution in [2.45, 2.75) is 18.9 Å². The maximum atomic E-state index is 13.0. The van der Waals surface area contributed by atoms with Crippen LogP contribution in [0.5, 0.6) is 0 Å². The highest BCUT2D eigenvalue weighted by atomic mass is 32.1. The number of carbonyl (C=O) groups is 1. The van der Waals surface area contributed by atoms with Crippen molar-refractivity contribution < 1.29 is 4.79 Å². The number of likely N-dealkylation sites (tertiary alicyclic amines) is 2. The molecular weight excluding hydrogens is 458 g/mol. The normalized spacial score (nSPS) is 17.9. The zero-order chi connectivity index (χ0) is 23.4. The van der Waals surface area contributed by atoms with Gasteiger partial charge < -0.3 is 9.88 Å². The first-order chi connectivity index (χ1) is 17.2. The Labute approximate surface area is 206 Å². The number of nitrogens with zero attached hydrogens (tertiary/aromatic N) is 6. The molecule has 1 amide bonds. The van der Waals surface area contributed by atoms with E-state index in [-0.39, 0.29) is 5.91 Å². The maximum Gasteiger partial charge on any atom is 0.263 e. The zero-order valence-corrected chi connectivity index (χ0v) is 19.9. The fraction of sp³-hybridized carbons (Fsp3) is 0.269. The molecule has 0 spiro atoms. The van der Waals surface area contributed by atoms with Gasteiger partial charge in [0.1, 0.15) is 18.0 Å². The van der Waals surface area contributed by atoms with Crippen LogP contribution in [0.1, 0.15) is 22.5 Å². The monoisotopic (exact) mass is 482 g/mol. The molecule has 175 valence electrons. The van der Waals surface area contributed by atoms with Gasteiger partial charge in [-0.1, -0.05) is 18.2 Å². The summed E-state index contributed by atoms with van der Waals surface area (Å²) >= 11 is 1.60. The molecule has 1 radical (unpaired) electrons. The van der Waals surface area contributed by atoms with Crippen LogP contribution in [-0.2, 0) is 0 Å². The van der Waals surface area contributed by atoms with Crippen molar-refractivity contribution in [3.63, 3.8) is 0 Å². The minimum absolute atomic E-state index is 0.172. The molecule has 0 aliphatic carbocycles. The van der Waals surface area contributed by atoms with Crippen molar-refractivity contribution in [2.24, 2.45) is 0 Å². The summed E-state index contributed by atoms with van der Waals surface area (Å²) in [5.41, 5.74) is 2.73. The smallest absolute Gasteiger partial charge is 0.263 e. The molecule has 2 saturated heterocycles. The van der Waals surface area contributed by atoms with E-state index in [1.54, 1.807) is 17.7 Å². The molecule has 0 unspecified atom stereocenters. The van der Waals surface area contributed by atoms with Gasteiger partial charge in [-0.3, -0.25) is 14.4 Å². The number of aromatic nitrogens is 5. The summed E-state index contributed by atoms with van der Waals surface area (Å²) in [6.07, 6.45) is 9.44. The molecule has 35 heavy (non-hydrogen) atoms. The molecule has 2 fully saturated rings. The Kier molecular flexibility index (Phi) is 4.92. The summed E-state index contributed by atoms with van der Waals surface area (Å²) in [4.78, 5) is 30.3. The first-order valence-electron chi connectivity index (χ1n) is 11.9. The predicted octanol–water partition coefficient (Wildman–Crippen LogP) is 4.04. The average molecular weight is 483 g/mol. The standard InChI is InChI=1S/C26H24N7OS/c34-26(23-11-17-3-1-2-4-22(17)35-23)31-9-6-19(7-10-31)32-14-20(15-32)33-13-18(12-30-33)24-21-5-8-27-25(21)29-16-28-24/h1-5,8,11-13,16,19H,6-7,9-10,14-15H2,(H,27,28,29). The number of benzene rings is 1. The van der Waals surface area contributed by atoms with Crippen LogP contribution < -0.4 is 0 Å². The lowest BCUT2D eigenvalue weighted by molar-refractivity contribution is 0.0518. The van der Waals surface area contributed by atoms with Crippen LogP contribution in [0.4, 0.5) is 0 Å². The van der Waals surface area contributed by atoms with Crippen LogP contribution in [0, 0.1) is 6.04 Å². The van der Waals surface area contributed by atoms with Gasteiger partial charge in [0.2, 0.25) is 0 Å². The second kappa shape index (κ2) is 8.28. The number of hydrogen-bond donors (Lipinski definition) is 1. The number of H-pyrrole nitrogens is 1. The number of thiophene rings is 1. The fourth-order valence-electron chi connectivity index (χ4n) is 5.22. The van der Waals surface area contributed by atoms with Gasteiger partial charge in [0.05, 0.1) is 16.8 Å². The zero-order valence-electron chi connectivity index (χ0n) is 19.1. The van der Waals surface area contributed by atoms with E-state index in [0.29, 0.717) is 6.04 Å². The van der Waals surface area contributed by atoms with Crippen LogP contribution >= 0.6 is 11.3 Å². The molecule has 7 rings (SSSR count). The van der Waals surface area contributed by atoms with Gasteiger partial charge in [-0.25, -0.2) is 9.97 Å². The molecule has 1 N–H and O–H groups in total. The molecule has 0 bridgehead atoms. The number of nitrogens with one attached hydrogen (secondary N) is 1. The highest BCUT2D eigenvalue weighted by Gasteiger charge is 2.37. The Morgan fingerprint density at radius 3 is 2.80 bits per heavy atom. The molecule has 1 aromatic carbocycles. The highest BCUT2D eigenvalue weighted by molar-refractivity contribution is 7.20. The summed E-state index contributed by atoms with van der Waals surface area (Å²) < 4.78 is 3.17. The van der Waals surface area contributed by atoms with Gasteiger partial charge in [-0.2, -0.15) is 5.10 Å². The van der Waals surface area contributed by atoms with Gasteiger partial charge in [0.15, 0.2) is 0 Å². The van der Waals surface area contributed by atoms with E-state index in [1.165, 1.54) is 10.7 Å². The van der Waals surface area contributed by atoms with Crippen molar-refractivity contribution in [3.05, 3.63) is 72.2 Å². The van der Waals surface area contributed by atoms with Crippen molar-refractivity contribution in [3.8, 4) is 11.3 Å². The number of amides is 1. The van der Waals surface area contributed by atoms with Crippen molar-refractivity contribution >= 4 is 38.4 Å². The van der Waals surface area contributed by atoms with E-state index in [0.717, 1.165) is 71.6 Å². The molecule has 4 aromatic heterocycles. The topological polar surface area (TPSA) is 82.9 Å². The van der Waals surface area contributed by atoms with Crippen LogP contribution in [0.25, 0.3) is 32.4 Å². The van der Waals surface area contributed by atoms with Crippen molar-refractivity contribution in [1.29, 1.82) is 0 Å². The summed E-state index contributed by atoms with van der Waals surface area (Å²) in [5, 5.41) is 6.76. The van der Waals surface area contributed by atoms with Gasteiger partial charge in [-0.15, -0.1) is 11.3 Å². The second-order valence-electron chi connectivity index (χ2n) is 9.28. The first-order valence-corrected chi connectivity index (χ1v) is 12.7. The molecular formula is C26H24N7OS. The SMILES string of the molecule is O=C(c1cc2ccccc2s1)N1CCC(N2C[C](n3cc(-c4ncnc5[nH]ccc45)cn3)C2)CC1. The fourth-order valence-corrected chi connectivity index (χ4v) is 6.25. The summed E-state index contributed by atoms with van der Waals surface area (Å²) in [6, 6.07) is 14.0. The lowest BCUT2D eigenvalue weighted by atomic mass is 9.97. The Hall–Kier alpha value is -3.56. The third-order valence-corrected chi connectivity index (χ3v) is 8.31. The third-order valence-electron chi connectivity index (χ3n) is 7.21. The third kappa shape index (κ3) is 3.62. The minimum Gasteiger partial charge on any atom is -0.346 e. The van der Waals surface area contributed by atoms with Crippen LogP contribution in [-0.4, -0.2) is 72.7 Å². The van der Waals surface area contributed by atoms with E-state index >= 15 is 0 Å². The van der Waals surface area contributed by atoms with Crippen LogP contribution in [0.2, 0.25) is 0 Å². The van der Waals surface area contributed by atoms with Gasteiger partial charge in [0, 0.05) is 60.3 Å². The average Bonchev–Trinajstić information content (AvgIpc) is 3.62. The van der Waals surface area contributed by atoms with Crippen LogP contribution in [0.3, 0.4) is 0 Å². The molecule has 0 saturated carbocycles. The predicted molar refractivity (Wildman–Crippen MR) is 136 cm³/mol. The van der Waals surface area contributed by atoms with Gasteiger partial charge >= 0.3 is 0 Å².